The number of carbonyl (C=O) groups is 1. The van der Waals surface area contributed by atoms with Gasteiger partial charge in [-0.05, 0) is 36.8 Å². The number of pyridine rings is 2. The summed E-state index contributed by atoms with van der Waals surface area (Å²) in [6.45, 7) is 4.37. The Morgan fingerprint density at radius 3 is 2.75 bits per heavy atom. The average Bonchev–Trinajstić information content (AvgIpc) is 3.35. The molecule has 0 spiro atoms. The summed E-state index contributed by atoms with van der Waals surface area (Å²) in [5, 5.41) is 5.62. The van der Waals surface area contributed by atoms with Crippen molar-refractivity contribution in [2.45, 2.75) is 51.9 Å². The van der Waals surface area contributed by atoms with E-state index < -0.39 is 21.6 Å². The van der Waals surface area contributed by atoms with Crippen molar-refractivity contribution in [2.75, 3.05) is 24.7 Å². The topological polar surface area (TPSA) is 113 Å². The zero-order valence-corrected chi connectivity index (χ0v) is 21.1. The zero-order valence-electron chi connectivity index (χ0n) is 20.3. The van der Waals surface area contributed by atoms with Gasteiger partial charge in [-0.15, -0.1) is 0 Å². The van der Waals surface area contributed by atoms with Gasteiger partial charge in [-0.2, -0.15) is 5.10 Å². The van der Waals surface area contributed by atoms with E-state index in [-0.39, 0.29) is 41.2 Å². The molecule has 192 valence electrons. The molecule has 0 N–H and O–H groups in total. The van der Waals surface area contributed by atoms with E-state index in [9.17, 15) is 17.6 Å². The van der Waals surface area contributed by atoms with Gasteiger partial charge in [0.05, 0.1) is 29.3 Å². The molecule has 2 aliphatic rings. The van der Waals surface area contributed by atoms with Crippen molar-refractivity contribution in [1.82, 2.24) is 19.7 Å². The summed E-state index contributed by atoms with van der Waals surface area (Å²) in [6, 6.07) is 3.50. The highest BCUT2D eigenvalue weighted by molar-refractivity contribution is 7.91. The lowest BCUT2D eigenvalue weighted by atomic mass is 9.84. The van der Waals surface area contributed by atoms with E-state index >= 15 is 0 Å². The molecular weight excluding hydrogens is 487 g/mol. The van der Waals surface area contributed by atoms with Crippen LogP contribution in [0.1, 0.15) is 56.1 Å². The second kappa shape index (κ2) is 9.51. The van der Waals surface area contributed by atoms with Crippen LogP contribution in [0.2, 0.25) is 0 Å². The van der Waals surface area contributed by atoms with E-state index in [4.69, 9.17) is 14.6 Å². The molecule has 0 bridgehead atoms. The number of hydrogen-bond donors (Lipinski definition) is 0. The highest BCUT2D eigenvalue weighted by Crippen LogP contribution is 2.37. The summed E-state index contributed by atoms with van der Waals surface area (Å²) < 4.78 is 50.0. The summed E-state index contributed by atoms with van der Waals surface area (Å²) in [6.07, 6.45) is 5.36. The van der Waals surface area contributed by atoms with Crippen LogP contribution in [0.5, 0.6) is 5.75 Å². The Kier molecular flexibility index (Phi) is 6.54. The lowest BCUT2D eigenvalue weighted by Crippen LogP contribution is -2.23. The van der Waals surface area contributed by atoms with Crippen LogP contribution in [-0.4, -0.2) is 65.0 Å². The van der Waals surface area contributed by atoms with E-state index in [2.05, 4.69) is 9.97 Å². The maximum atomic E-state index is 13.4. The lowest BCUT2D eigenvalue weighted by Gasteiger charge is -2.23. The van der Waals surface area contributed by atoms with Gasteiger partial charge in [0, 0.05) is 49.9 Å². The van der Waals surface area contributed by atoms with Crippen molar-refractivity contribution in [1.29, 1.82) is 0 Å². The number of nitrogens with zero attached hydrogens (tertiary/aromatic N) is 4. The molecule has 0 aliphatic carbocycles. The molecule has 2 saturated heterocycles. The van der Waals surface area contributed by atoms with Crippen molar-refractivity contribution in [3.63, 3.8) is 0 Å². The number of carbonyl (C=O) groups excluding carboxylic acids is 1. The summed E-state index contributed by atoms with van der Waals surface area (Å²) >= 11 is 0. The molecule has 0 saturated carbocycles. The molecule has 2 atom stereocenters. The summed E-state index contributed by atoms with van der Waals surface area (Å²) in [4.78, 5) is 21.8. The number of ketones is 1. The van der Waals surface area contributed by atoms with Gasteiger partial charge in [0.2, 0.25) is 6.36 Å². The number of ether oxygens (including phenoxy) is 2. The molecule has 0 radical (unpaired) electrons. The van der Waals surface area contributed by atoms with Crippen LogP contribution in [0.3, 0.4) is 0 Å². The van der Waals surface area contributed by atoms with Crippen LogP contribution in [0.15, 0.2) is 30.7 Å². The highest BCUT2D eigenvalue weighted by Gasteiger charge is 2.40. The van der Waals surface area contributed by atoms with Crippen molar-refractivity contribution < 1.29 is 27.1 Å². The lowest BCUT2D eigenvalue weighted by molar-refractivity contribution is 0.0675. The molecule has 5 heterocycles. The van der Waals surface area contributed by atoms with Crippen LogP contribution in [0.25, 0.3) is 22.2 Å². The highest BCUT2D eigenvalue weighted by atomic mass is 32.2. The van der Waals surface area contributed by atoms with Gasteiger partial charge in [-0.25, -0.2) is 12.8 Å². The average molecular weight is 517 g/mol. The predicted octanol–water partition coefficient (Wildman–Crippen LogP) is 3.94. The Hall–Kier alpha value is -2.92. The minimum absolute atomic E-state index is 0.0149. The summed E-state index contributed by atoms with van der Waals surface area (Å²) in [5.41, 5.74) is 1.71. The number of aromatic nitrogens is 4. The Morgan fingerprint density at radius 1 is 1.28 bits per heavy atom. The number of alkyl halides is 1. The molecule has 11 heteroatoms. The molecule has 1 unspecified atom stereocenters. The molecule has 0 amide bonds. The predicted molar refractivity (Wildman–Crippen MR) is 131 cm³/mol. The molecule has 3 aromatic rings. The molecule has 2 fully saturated rings. The third-order valence-corrected chi connectivity index (χ3v) is 8.83. The zero-order chi connectivity index (χ0) is 25.5. The van der Waals surface area contributed by atoms with Gasteiger partial charge >= 0.3 is 0 Å². The monoisotopic (exact) mass is 516 g/mol. The van der Waals surface area contributed by atoms with Gasteiger partial charge in [0.15, 0.2) is 15.6 Å². The molecule has 36 heavy (non-hydrogen) atoms. The molecule has 0 aromatic carbocycles. The number of hydrogen-bond acceptors (Lipinski definition) is 8. The fraction of sp³-hybridized carbons (Fsp3) is 0.520. The van der Waals surface area contributed by atoms with Gasteiger partial charge < -0.3 is 9.47 Å². The molecule has 9 nitrogen and oxygen atoms in total. The fourth-order valence-electron chi connectivity index (χ4n) is 5.10. The van der Waals surface area contributed by atoms with Crippen LogP contribution in [0.4, 0.5) is 4.39 Å². The Morgan fingerprint density at radius 2 is 2.06 bits per heavy atom. The first kappa shape index (κ1) is 24.8. The Balaban J connectivity index is 1.54. The first-order chi connectivity index (χ1) is 17.1. The second-order valence-corrected chi connectivity index (χ2v) is 12.2. The van der Waals surface area contributed by atoms with Gasteiger partial charge in [-0.3, -0.25) is 19.4 Å². The van der Waals surface area contributed by atoms with Crippen LogP contribution in [0, 0.1) is 5.41 Å². The molecule has 2 aliphatic heterocycles. The quantitative estimate of drug-likeness (QED) is 0.434. The normalized spacial score (nSPS) is 23.1. The minimum Gasteiger partial charge on any atom is -0.459 e. The van der Waals surface area contributed by atoms with Crippen molar-refractivity contribution in [2.24, 2.45) is 5.41 Å². The van der Waals surface area contributed by atoms with E-state index in [1.165, 1.54) is 13.1 Å². The maximum absolute atomic E-state index is 13.4. The van der Waals surface area contributed by atoms with Crippen LogP contribution < -0.4 is 4.74 Å². The summed E-state index contributed by atoms with van der Waals surface area (Å²) in [5.74, 6) is 0.227. The molecular formula is C25H29FN4O5S. The van der Waals surface area contributed by atoms with E-state index in [0.29, 0.717) is 30.9 Å². The maximum Gasteiger partial charge on any atom is 0.235 e. The first-order valence-corrected chi connectivity index (χ1v) is 13.9. The molecule has 3 aromatic heterocycles. The van der Waals surface area contributed by atoms with Crippen molar-refractivity contribution in [3.8, 4) is 17.0 Å². The van der Waals surface area contributed by atoms with Gasteiger partial charge in [0.25, 0.3) is 0 Å². The van der Waals surface area contributed by atoms with Crippen molar-refractivity contribution >= 4 is 26.5 Å². The van der Waals surface area contributed by atoms with Crippen molar-refractivity contribution in [3.05, 3.63) is 36.4 Å². The largest absolute Gasteiger partial charge is 0.459 e. The van der Waals surface area contributed by atoms with Gasteiger partial charge in [0.1, 0.15) is 17.1 Å². The number of rotatable bonds is 7. The van der Waals surface area contributed by atoms with Crippen LogP contribution >= 0.6 is 0 Å². The van der Waals surface area contributed by atoms with E-state index in [0.717, 1.165) is 23.7 Å². The minimum atomic E-state index is -3.11. The summed E-state index contributed by atoms with van der Waals surface area (Å²) in [7, 11) is -3.11. The first-order valence-electron chi connectivity index (χ1n) is 12.1. The number of sulfone groups is 1. The van der Waals surface area contributed by atoms with Crippen LogP contribution in [-0.2, 0) is 14.6 Å². The van der Waals surface area contributed by atoms with Gasteiger partial charge in [-0.1, -0.05) is 6.92 Å². The Labute approximate surface area is 208 Å². The smallest absolute Gasteiger partial charge is 0.235 e. The van der Waals surface area contributed by atoms with E-state index in [1.807, 2.05) is 11.6 Å². The van der Waals surface area contributed by atoms with E-state index in [1.54, 1.807) is 24.5 Å². The fourth-order valence-corrected chi connectivity index (χ4v) is 7.36. The number of Topliss-reactive ketones (excluding diaryl/α,β-unsaturated/α-hetero) is 1. The SMILES string of the molecule is CC(F)Oc1cncc(-c2nn(C3CCOCC3)c3cc(C(=O)C[C@@]4(C)CCS(=O)(=O)C4)ncc23)c1. The molecule has 5 rings (SSSR count). The third-order valence-electron chi connectivity index (χ3n) is 6.87. The third kappa shape index (κ3) is 5.12. The standard InChI is InChI=1S/C25H29FN4O5S/c1-16(26)35-19-9-17(12-27-13-19)24-20-14-28-21(23(31)11-25(2)5-8-36(32,33)15-25)10-22(20)30(29-24)18-3-6-34-7-4-18/h9-10,12-14,16,18H,3-8,11,15H2,1-2H3/t16?,25-/m1/s1. The number of halogens is 1. The second-order valence-electron chi connectivity index (χ2n) is 10.0. The number of fused-ring (bicyclic) bond motifs is 1. The Bertz CT molecular complexity index is 1400.